The molecule has 2 aromatic carbocycles. The van der Waals surface area contributed by atoms with Crippen LogP contribution in [-0.4, -0.2) is 21.3 Å². The number of urea groups is 1. The van der Waals surface area contributed by atoms with E-state index in [0.29, 0.717) is 10.6 Å². The van der Waals surface area contributed by atoms with Gasteiger partial charge in [-0.2, -0.15) is 5.01 Å². The highest BCUT2D eigenvalue weighted by atomic mass is 79.9. The number of thiocarbonyl (C=S) groups is 1. The molecule has 2 N–H and O–H groups in total. The summed E-state index contributed by atoms with van der Waals surface area (Å²) in [7, 11) is 0. The average molecular weight is 434 g/mol. The monoisotopic (exact) mass is 433 g/mol. The Labute approximate surface area is 162 Å². The minimum Gasteiger partial charge on any atom is -0.307 e. The van der Waals surface area contributed by atoms with Crippen LogP contribution >= 0.6 is 39.9 Å². The zero-order valence-corrected chi connectivity index (χ0v) is 16.0. The van der Waals surface area contributed by atoms with Gasteiger partial charge in [-0.05, 0) is 48.1 Å². The topological polar surface area (TPSA) is 61.4 Å². The molecule has 0 bridgehead atoms. The van der Waals surface area contributed by atoms with Crippen LogP contribution in [0.2, 0.25) is 0 Å². The molecule has 3 amide bonds. The molecular formula is C17H12BrN3O2S2. The maximum absolute atomic E-state index is 12.5. The second kappa shape index (κ2) is 7.81. The van der Waals surface area contributed by atoms with Gasteiger partial charge in [-0.15, -0.1) is 0 Å². The van der Waals surface area contributed by atoms with Crippen LogP contribution in [0.5, 0.6) is 0 Å². The van der Waals surface area contributed by atoms with E-state index in [1.54, 1.807) is 30.3 Å². The second-order valence-corrected chi connectivity index (χ2v) is 7.60. The first-order valence-corrected chi connectivity index (χ1v) is 9.21. The van der Waals surface area contributed by atoms with Gasteiger partial charge >= 0.3 is 6.03 Å². The van der Waals surface area contributed by atoms with Crippen molar-refractivity contribution < 1.29 is 9.59 Å². The van der Waals surface area contributed by atoms with Gasteiger partial charge in [0.1, 0.15) is 0 Å². The van der Waals surface area contributed by atoms with E-state index in [9.17, 15) is 9.59 Å². The zero-order chi connectivity index (χ0) is 17.8. The number of amides is 3. The SMILES string of the molecule is O=C(Nc1ccccc1)NN1C(=O)C(=Cc2cccc(Br)c2)SC1=S. The Morgan fingerprint density at radius 1 is 1.16 bits per heavy atom. The van der Waals surface area contributed by atoms with Gasteiger partial charge in [0, 0.05) is 10.2 Å². The predicted octanol–water partition coefficient (Wildman–Crippen LogP) is 4.39. The average Bonchev–Trinajstić information content (AvgIpc) is 2.83. The number of rotatable bonds is 3. The summed E-state index contributed by atoms with van der Waals surface area (Å²) in [5.41, 5.74) is 3.96. The zero-order valence-electron chi connectivity index (χ0n) is 12.7. The lowest BCUT2D eigenvalue weighted by Gasteiger charge is -2.16. The molecular weight excluding hydrogens is 422 g/mol. The van der Waals surface area contributed by atoms with E-state index in [2.05, 4.69) is 26.7 Å². The molecule has 0 spiro atoms. The van der Waals surface area contributed by atoms with Gasteiger partial charge < -0.3 is 5.32 Å². The summed E-state index contributed by atoms with van der Waals surface area (Å²) in [6, 6.07) is 16.0. The molecule has 0 atom stereocenters. The quantitative estimate of drug-likeness (QED) is 0.556. The number of hydrazine groups is 1. The molecule has 3 rings (SSSR count). The molecule has 25 heavy (non-hydrogen) atoms. The van der Waals surface area contributed by atoms with Crippen molar-refractivity contribution in [3.8, 4) is 0 Å². The van der Waals surface area contributed by atoms with Crippen molar-refractivity contribution >= 4 is 67.9 Å². The molecule has 1 aliphatic rings. The van der Waals surface area contributed by atoms with Crippen molar-refractivity contribution in [3.05, 3.63) is 69.5 Å². The van der Waals surface area contributed by atoms with Crippen LogP contribution in [0.3, 0.4) is 0 Å². The van der Waals surface area contributed by atoms with Crippen LogP contribution in [0.4, 0.5) is 10.5 Å². The molecule has 1 heterocycles. The van der Waals surface area contributed by atoms with E-state index in [1.165, 1.54) is 0 Å². The van der Waals surface area contributed by atoms with Crippen molar-refractivity contribution in [2.45, 2.75) is 0 Å². The van der Waals surface area contributed by atoms with Crippen molar-refractivity contribution in [1.82, 2.24) is 10.4 Å². The Balaban J connectivity index is 1.70. The Bertz CT molecular complexity index is 871. The predicted molar refractivity (Wildman–Crippen MR) is 108 cm³/mol. The lowest BCUT2D eigenvalue weighted by Crippen LogP contribution is -2.46. The Hall–Kier alpha value is -2.16. The van der Waals surface area contributed by atoms with Crippen LogP contribution in [0.15, 0.2) is 64.0 Å². The highest BCUT2D eigenvalue weighted by Crippen LogP contribution is 2.31. The van der Waals surface area contributed by atoms with Crippen LogP contribution in [0.25, 0.3) is 6.08 Å². The maximum atomic E-state index is 12.5. The Morgan fingerprint density at radius 3 is 2.64 bits per heavy atom. The fourth-order valence-corrected chi connectivity index (χ4v) is 3.69. The molecule has 0 aliphatic carbocycles. The van der Waals surface area contributed by atoms with E-state index < -0.39 is 6.03 Å². The summed E-state index contributed by atoms with van der Waals surface area (Å²) in [4.78, 5) is 25.0. The second-order valence-electron chi connectivity index (χ2n) is 5.00. The van der Waals surface area contributed by atoms with Crippen LogP contribution in [0.1, 0.15) is 5.56 Å². The molecule has 126 valence electrons. The van der Waals surface area contributed by atoms with Crippen molar-refractivity contribution in [3.63, 3.8) is 0 Å². The number of carbonyl (C=O) groups is 2. The van der Waals surface area contributed by atoms with Crippen molar-refractivity contribution in [1.29, 1.82) is 0 Å². The number of carbonyl (C=O) groups excluding carboxylic acids is 2. The van der Waals surface area contributed by atoms with Crippen LogP contribution < -0.4 is 10.7 Å². The fraction of sp³-hybridized carbons (Fsp3) is 0. The number of nitrogens with zero attached hydrogens (tertiary/aromatic N) is 1. The number of para-hydroxylation sites is 1. The third kappa shape index (κ3) is 4.47. The molecule has 0 aromatic heterocycles. The third-order valence-electron chi connectivity index (χ3n) is 3.19. The number of benzene rings is 2. The van der Waals surface area contributed by atoms with E-state index in [0.717, 1.165) is 26.8 Å². The van der Waals surface area contributed by atoms with Crippen molar-refractivity contribution in [2.24, 2.45) is 0 Å². The lowest BCUT2D eigenvalue weighted by atomic mass is 10.2. The summed E-state index contributed by atoms with van der Waals surface area (Å²) >= 11 is 9.73. The van der Waals surface area contributed by atoms with Gasteiger partial charge in [-0.1, -0.05) is 58.0 Å². The van der Waals surface area contributed by atoms with Crippen LogP contribution in [-0.2, 0) is 4.79 Å². The first-order chi connectivity index (χ1) is 12.0. The van der Waals surface area contributed by atoms with Gasteiger partial charge in [-0.3, -0.25) is 4.79 Å². The normalized spacial score (nSPS) is 15.6. The first kappa shape index (κ1) is 17.7. The number of hydrogen-bond acceptors (Lipinski definition) is 4. The third-order valence-corrected chi connectivity index (χ3v) is 4.98. The van der Waals surface area contributed by atoms with E-state index >= 15 is 0 Å². The minimum atomic E-state index is -0.536. The smallest absolute Gasteiger partial charge is 0.307 e. The van der Waals surface area contributed by atoms with E-state index in [-0.39, 0.29) is 10.2 Å². The van der Waals surface area contributed by atoms with E-state index in [4.69, 9.17) is 12.2 Å². The highest BCUT2D eigenvalue weighted by Gasteiger charge is 2.33. The number of anilines is 1. The summed E-state index contributed by atoms with van der Waals surface area (Å²) in [5.74, 6) is -0.363. The van der Waals surface area contributed by atoms with Gasteiger partial charge in [0.05, 0.1) is 4.91 Å². The molecule has 1 aliphatic heterocycles. The summed E-state index contributed by atoms with van der Waals surface area (Å²) in [6.07, 6.45) is 1.74. The molecule has 0 radical (unpaired) electrons. The lowest BCUT2D eigenvalue weighted by molar-refractivity contribution is -0.123. The van der Waals surface area contributed by atoms with Gasteiger partial charge in [0.2, 0.25) is 0 Å². The Kier molecular flexibility index (Phi) is 5.52. The maximum Gasteiger partial charge on any atom is 0.338 e. The van der Waals surface area contributed by atoms with Gasteiger partial charge in [0.15, 0.2) is 4.32 Å². The number of halogens is 1. The largest absolute Gasteiger partial charge is 0.338 e. The summed E-state index contributed by atoms with van der Waals surface area (Å²) in [6.45, 7) is 0. The minimum absolute atomic E-state index is 0.273. The van der Waals surface area contributed by atoms with Crippen molar-refractivity contribution in [2.75, 3.05) is 5.32 Å². The number of thioether (sulfide) groups is 1. The number of nitrogens with one attached hydrogen (secondary N) is 2. The molecule has 8 heteroatoms. The van der Waals surface area contributed by atoms with Gasteiger partial charge in [-0.25, -0.2) is 10.2 Å². The van der Waals surface area contributed by atoms with Gasteiger partial charge in [0.25, 0.3) is 5.91 Å². The highest BCUT2D eigenvalue weighted by molar-refractivity contribution is 9.10. The summed E-state index contributed by atoms with van der Waals surface area (Å²) in [5, 5.41) is 3.71. The molecule has 2 aromatic rings. The summed E-state index contributed by atoms with van der Waals surface area (Å²) < 4.78 is 1.19. The molecule has 0 unspecified atom stereocenters. The molecule has 1 saturated heterocycles. The Morgan fingerprint density at radius 2 is 1.92 bits per heavy atom. The van der Waals surface area contributed by atoms with Crippen LogP contribution in [0, 0.1) is 0 Å². The number of hydrogen-bond donors (Lipinski definition) is 2. The molecule has 1 fully saturated rings. The standard InChI is InChI=1S/C17H12BrN3O2S2/c18-12-6-4-5-11(9-12)10-14-15(22)21(17(24)25-14)20-16(23)19-13-7-2-1-3-8-13/h1-10H,(H2,19,20,23). The first-order valence-electron chi connectivity index (χ1n) is 7.19. The fourth-order valence-electron chi connectivity index (χ4n) is 2.09. The molecule has 0 saturated carbocycles. The van der Waals surface area contributed by atoms with E-state index in [1.807, 2.05) is 30.3 Å². The molecule has 5 nitrogen and oxygen atoms in total.